The van der Waals surface area contributed by atoms with Crippen molar-refractivity contribution >= 4 is 5.96 Å². The van der Waals surface area contributed by atoms with E-state index in [1.165, 1.54) is 17.7 Å². The van der Waals surface area contributed by atoms with Crippen LogP contribution in [0.15, 0.2) is 4.99 Å². The molecule has 0 radical (unpaired) electrons. The maximum atomic E-state index is 5.37. The van der Waals surface area contributed by atoms with Gasteiger partial charge in [0.15, 0.2) is 5.96 Å². The van der Waals surface area contributed by atoms with Crippen LogP contribution in [-0.2, 0) is 18.3 Å². The Morgan fingerprint density at radius 3 is 2.58 bits per heavy atom. The third-order valence-electron chi connectivity index (χ3n) is 4.61. The van der Waals surface area contributed by atoms with Crippen molar-refractivity contribution < 1.29 is 4.74 Å². The molecular formula is C17H32N6O. The summed E-state index contributed by atoms with van der Waals surface area (Å²) in [7, 11) is 3.79. The summed E-state index contributed by atoms with van der Waals surface area (Å²) >= 11 is 0. The Balaban J connectivity index is 1.63. The predicted octanol–water partition coefficient (Wildman–Crippen LogP) is 0.814. The molecule has 0 aromatic carbocycles. The third-order valence-corrected chi connectivity index (χ3v) is 4.61. The van der Waals surface area contributed by atoms with Crippen molar-refractivity contribution in [1.82, 2.24) is 25.3 Å². The van der Waals surface area contributed by atoms with Crippen LogP contribution in [0.2, 0.25) is 0 Å². The average Bonchev–Trinajstić information content (AvgIpc) is 2.83. The van der Waals surface area contributed by atoms with Crippen molar-refractivity contribution in [2.75, 3.05) is 46.4 Å². The number of nitrogens with zero attached hydrogens (tertiary/aromatic N) is 4. The van der Waals surface area contributed by atoms with Gasteiger partial charge in [0.1, 0.15) is 0 Å². The van der Waals surface area contributed by atoms with Gasteiger partial charge in [-0.05, 0) is 33.2 Å². The van der Waals surface area contributed by atoms with Crippen molar-refractivity contribution in [3.63, 3.8) is 0 Å². The average molecular weight is 336 g/mol. The lowest BCUT2D eigenvalue weighted by Gasteiger charge is -2.26. The van der Waals surface area contributed by atoms with E-state index in [1.807, 2.05) is 25.7 Å². The molecule has 0 unspecified atom stereocenters. The van der Waals surface area contributed by atoms with Crippen molar-refractivity contribution in [2.45, 2.75) is 33.2 Å². The number of nitrogens with one attached hydrogen (secondary N) is 2. The highest BCUT2D eigenvalue weighted by Gasteiger charge is 2.10. The highest BCUT2D eigenvalue weighted by Crippen LogP contribution is 2.10. The maximum absolute atomic E-state index is 5.37. The van der Waals surface area contributed by atoms with Gasteiger partial charge in [-0.1, -0.05) is 0 Å². The highest BCUT2D eigenvalue weighted by atomic mass is 16.5. The molecule has 1 fully saturated rings. The lowest BCUT2D eigenvalue weighted by Crippen LogP contribution is -2.38. The molecule has 1 aliphatic rings. The van der Waals surface area contributed by atoms with Crippen LogP contribution in [0, 0.1) is 13.8 Å². The molecule has 7 nitrogen and oxygen atoms in total. The van der Waals surface area contributed by atoms with Crippen LogP contribution in [0.5, 0.6) is 0 Å². The van der Waals surface area contributed by atoms with Gasteiger partial charge in [0.05, 0.1) is 18.9 Å². The first-order valence-corrected chi connectivity index (χ1v) is 8.85. The fourth-order valence-electron chi connectivity index (χ4n) is 2.96. The molecule has 1 aliphatic heterocycles. The van der Waals surface area contributed by atoms with E-state index in [2.05, 4.69) is 32.5 Å². The molecule has 0 bridgehead atoms. The van der Waals surface area contributed by atoms with Crippen molar-refractivity contribution in [2.24, 2.45) is 12.0 Å². The summed E-state index contributed by atoms with van der Waals surface area (Å²) < 4.78 is 7.30. The molecule has 1 aromatic heterocycles. The standard InChI is InChI=1S/C17H32N6O/c1-14-16(15(2)22(4)21-14)13-20-17(18-3)19-7-5-6-8-23-9-11-24-12-10-23/h5-13H2,1-4H3,(H2,18,19,20). The van der Waals surface area contributed by atoms with Crippen molar-refractivity contribution in [3.8, 4) is 0 Å². The minimum atomic E-state index is 0.749. The molecule has 0 aliphatic carbocycles. The first kappa shape index (κ1) is 18.7. The van der Waals surface area contributed by atoms with E-state index in [4.69, 9.17) is 4.74 Å². The fraction of sp³-hybridized carbons (Fsp3) is 0.765. The number of morpholine rings is 1. The van der Waals surface area contributed by atoms with Gasteiger partial charge in [-0.15, -0.1) is 0 Å². The van der Waals surface area contributed by atoms with Crippen LogP contribution in [0.4, 0.5) is 0 Å². The quantitative estimate of drug-likeness (QED) is 0.438. The number of hydrogen-bond acceptors (Lipinski definition) is 4. The third kappa shape index (κ3) is 5.49. The number of aromatic nitrogens is 2. The van der Waals surface area contributed by atoms with Crippen LogP contribution in [-0.4, -0.2) is 67.1 Å². The molecule has 0 spiro atoms. The Labute approximate surface area is 145 Å². The summed E-state index contributed by atoms with van der Waals surface area (Å²) in [5, 5.41) is 11.2. The second-order valence-electron chi connectivity index (χ2n) is 6.29. The molecule has 2 N–H and O–H groups in total. The van der Waals surface area contributed by atoms with Gasteiger partial charge in [-0.25, -0.2) is 0 Å². The van der Waals surface area contributed by atoms with E-state index >= 15 is 0 Å². The molecule has 0 amide bonds. The van der Waals surface area contributed by atoms with Gasteiger partial charge in [-0.3, -0.25) is 14.6 Å². The van der Waals surface area contributed by atoms with Crippen LogP contribution in [0.3, 0.4) is 0 Å². The Morgan fingerprint density at radius 1 is 1.21 bits per heavy atom. The summed E-state index contributed by atoms with van der Waals surface area (Å²) in [6, 6.07) is 0. The van der Waals surface area contributed by atoms with Crippen molar-refractivity contribution in [3.05, 3.63) is 17.0 Å². The first-order chi connectivity index (χ1) is 11.6. The van der Waals surface area contributed by atoms with Gasteiger partial charge in [0, 0.05) is 51.5 Å². The van der Waals surface area contributed by atoms with Gasteiger partial charge in [0.2, 0.25) is 0 Å². The number of guanidine groups is 1. The minimum Gasteiger partial charge on any atom is -0.379 e. The first-order valence-electron chi connectivity index (χ1n) is 8.85. The van der Waals surface area contributed by atoms with Crippen LogP contribution in [0.25, 0.3) is 0 Å². The van der Waals surface area contributed by atoms with E-state index in [1.54, 1.807) is 0 Å². The molecule has 0 atom stereocenters. The minimum absolute atomic E-state index is 0.749. The summed E-state index contributed by atoms with van der Waals surface area (Å²) in [4.78, 5) is 6.77. The zero-order valence-corrected chi connectivity index (χ0v) is 15.6. The largest absolute Gasteiger partial charge is 0.379 e. The Bertz CT molecular complexity index is 533. The van der Waals surface area contributed by atoms with Crippen LogP contribution >= 0.6 is 0 Å². The lowest BCUT2D eigenvalue weighted by atomic mass is 10.2. The number of hydrogen-bond donors (Lipinski definition) is 2. The normalized spacial score (nSPS) is 16.4. The van der Waals surface area contributed by atoms with Gasteiger partial charge < -0.3 is 15.4 Å². The van der Waals surface area contributed by atoms with E-state index in [0.717, 1.165) is 64.0 Å². The number of aryl methyl sites for hydroxylation is 2. The van der Waals surface area contributed by atoms with E-state index in [9.17, 15) is 0 Å². The summed E-state index contributed by atoms with van der Waals surface area (Å²) in [5.41, 5.74) is 3.51. The molecule has 136 valence electrons. The smallest absolute Gasteiger partial charge is 0.191 e. The van der Waals surface area contributed by atoms with Gasteiger partial charge >= 0.3 is 0 Å². The molecule has 7 heteroatoms. The lowest BCUT2D eigenvalue weighted by molar-refractivity contribution is 0.0372. The molecule has 2 heterocycles. The molecule has 0 saturated carbocycles. The fourth-order valence-corrected chi connectivity index (χ4v) is 2.96. The van der Waals surface area contributed by atoms with Crippen LogP contribution < -0.4 is 10.6 Å². The van der Waals surface area contributed by atoms with E-state index < -0.39 is 0 Å². The Kier molecular flexibility index (Phi) is 7.52. The number of unbranched alkanes of at least 4 members (excludes halogenated alkanes) is 1. The molecule has 24 heavy (non-hydrogen) atoms. The molecule has 1 saturated heterocycles. The van der Waals surface area contributed by atoms with Crippen molar-refractivity contribution in [1.29, 1.82) is 0 Å². The summed E-state index contributed by atoms with van der Waals surface area (Å²) in [6.45, 7) is 10.9. The van der Waals surface area contributed by atoms with E-state index in [0.29, 0.717) is 0 Å². The zero-order valence-electron chi connectivity index (χ0n) is 15.6. The predicted molar refractivity (Wildman–Crippen MR) is 97.4 cm³/mol. The maximum Gasteiger partial charge on any atom is 0.191 e. The molecule has 2 rings (SSSR count). The molecular weight excluding hydrogens is 304 g/mol. The van der Waals surface area contributed by atoms with Gasteiger partial charge in [0.25, 0.3) is 0 Å². The van der Waals surface area contributed by atoms with E-state index in [-0.39, 0.29) is 0 Å². The Hall–Kier alpha value is -1.60. The summed E-state index contributed by atoms with van der Waals surface area (Å²) in [6.07, 6.45) is 2.34. The summed E-state index contributed by atoms with van der Waals surface area (Å²) in [5.74, 6) is 0.851. The second kappa shape index (κ2) is 9.64. The molecule has 1 aromatic rings. The van der Waals surface area contributed by atoms with Crippen LogP contribution in [0.1, 0.15) is 29.8 Å². The van der Waals surface area contributed by atoms with Gasteiger partial charge in [-0.2, -0.15) is 5.10 Å². The number of aliphatic imine (C=N–C) groups is 1. The Morgan fingerprint density at radius 2 is 1.96 bits per heavy atom. The highest BCUT2D eigenvalue weighted by molar-refractivity contribution is 5.79. The topological polar surface area (TPSA) is 66.7 Å². The zero-order chi connectivity index (χ0) is 17.4. The SMILES string of the molecule is CN=C(NCCCCN1CCOCC1)NCc1c(C)nn(C)c1C. The number of ether oxygens (including phenoxy) is 1. The number of rotatable bonds is 7. The monoisotopic (exact) mass is 336 g/mol. The second-order valence-corrected chi connectivity index (χ2v) is 6.29.